The second kappa shape index (κ2) is 14.0. The third-order valence-electron chi connectivity index (χ3n) is 6.36. The Morgan fingerprint density at radius 1 is 0.781 bits per heavy atom. The van der Waals surface area contributed by atoms with E-state index in [0.717, 1.165) is 18.8 Å². The van der Waals surface area contributed by atoms with Gasteiger partial charge in [-0.3, -0.25) is 0 Å². The molecule has 0 N–H and O–H groups in total. The smallest absolute Gasteiger partial charge is 0.343 e. The fraction of sp³-hybridized carbons (Fsp3) is 0.517. The van der Waals surface area contributed by atoms with Gasteiger partial charge in [0.25, 0.3) is 0 Å². The highest BCUT2D eigenvalue weighted by molar-refractivity contribution is 5.91. The molecule has 1 fully saturated rings. The number of carbonyl (C=O) groups excluding carboxylic acids is 1. The van der Waals surface area contributed by atoms with Crippen molar-refractivity contribution in [2.75, 3.05) is 6.61 Å². The van der Waals surface area contributed by atoms with Crippen molar-refractivity contribution < 1.29 is 14.3 Å². The maximum atomic E-state index is 12.5. The number of hydrogen-bond donors (Lipinski definition) is 0. The lowest BCUT2D eigenvalue weighted by Gasteiger charge is -2.21. The normalized spacial score (nSPS) is 14.3. The first-order chi connectivity index (χ1) is 15.8. The van der Waals surface area contributed by atoms with Gasteiger partial charge in [0.1, 0.15) is 11.5 Å². The molecular weight excluding hydrogens is 396 g/mol. The van der Waals surface area contributed by atoms with Crippen molar-refractivity contribution in [1.82, 2.24) is 0 Å². The van der Waals surface area contributed by atoms with Gasteiger partial charge in [-0.15, -0.1) is 0 Å². The second-order valence-corrected chi connectivity index (χ2v) is 8.95. The lowest BCUT2D eigenvalue weighted by Crippen LogP contribution is -2.09. The van der Waals surface area contributed by atoms with Gasteiger partial charge in [0, 0.05) is 0 Å². The van der Waals surface area contributed by atoms with Gasteiger partial charge in [-0.1, -0.05) is 64.0 Å². The number of ether oxygens (including phenoxy) is 2. The largest absolute Gasteiger partial charge is 0.494 e. The van der Waals surface area contributed by atoms with Crippen molar-refractivity contribution >= 4 is 5.97 Å². The highest BCUT2D eigenvalue weighted by atomic mass is 16.5. The van der Waals surface area contributed by atoms with E-state index < -0.39 is 0 Å². The molecule has 32 heavy (non-hydrogen) atoms. The summed E-state index contributed by atoms with van der Waals surface area (Å²) in [7, 11) is 0. The van der Waals surface area contributed by atoms with Crippen LogP contribution in [-0.4, -0.2) is 12.6 Å². The van der Waals surface area contributed by atoms with E-state index >= 15 is 0 Å². The molecule has 0 aliphatic heterocycles. The lowest BCUT2D eigenvalue weighted by atomic mass is 9.84. The van der Waals surface area contributed by atoms with Crippen LogP contribution in [0, 0.1) is 6.42 Å². The zero-order valence-electron chi connectivity index (χ0n) is 19.7. The highest BCUT2D eigenvalue weighted by Crippen LogP contribution is 2.33. The Kier molecular flexibility index (Phi) is 10.6. The van der Waals surface area contributed by atoms with E-state index in [1.807, 2.05) is 24.3 Å². The second-order valence-electron chi connectivity index (χ2n) is 8.95. The van der Waals surface area contributed by atoms with Crippen LogP contribution in [0.2, 0.25) is 0 Å². The SMILES string of the molecule is CCCCCCCCCCOc1ccc(C(=O)Oc2ccc(C3CC[CH]CC3)cc2)cc1. The molecule has 0 amide bonds. The molecule has 0 unspecified atom stereocenters. The Bertz CT molecular complexity index is 773. The zero-order valence-corrected chi connectivity index (χ0v) is 19.7. The zero-order chi connectivity index (χ0) is 22.4. The molecule has 0 spiro atoms. The van der Waals surface area contributed by atoms with Crippen LogP contribution in [0.25, 0.3) is 0 Å². The van der Waals surface area contributed by atoms with Crippen LogP contribution in [0.5, 0.6) is 11.5 Å². The number of benzene rings is 2. The van der Waals surface area contributed by atoms with E-state index in [2.05, 4.69) is 25.5 Å². The van der Waals surface area contributed by atoms with Gasteiger partial charge >= 0.3 is 5.97 Å². The summed E-state index contributed by atoms with van der Waals surface area (Å²) in [4.78, 5) is 12.5. The number of hydrogen-bond acceptors (Lipinski definition) is 3. The average molecular weight is 436 g/mol. The summed E-state index contributed by atoms with van der Waals surface area (Å²) >= 11 is 0. The molecule has 1 aliphatic carbocycles. The van der Waals surface area contributed by atoms with Crippen LogP contribution in [-0.2, 0) is 0 Å². The standard InChI is InChI=1S/C29H39O3/c1-2-3-4-5-6-7-8-12-23-31-27-19-17-26(18-20-27)29(30)32-28-21-15-25(16-22-28)24-13-10-9-11-14-24/h9,15-22,24H,2-8,10-14,23H2,1H3. The van der Waals surface area contributed by atoms with Gasteiger partial charge < -0.3 is 9.47 Å². The van der Waals surface area contributed by atoms with Crippen molar-refractivity contribution in [1.29, 1.82) is 0 Å². The van der Waals surface area contributed by atoms with Gasteiger partial charge in [-0.05, 0) is 86.4 Å². The Morgan fingerprint density at radius 2 is 1.38 bits per heavy atom. The molecule has 3 heteroatoms. The van der Waals surface area contributed by atoms with Gasteiger partial charge in [0.15, 0.2) is 0 Å². The van der Waals surface area contributed by atoms with Crippen LogP contribution < -0.4 is 9.47 Å². The molecule has 1 radical (unpaired) electrons. The molecule has 2 aromatic carbocycles. The van der Waals surface area contributed by atoms with E-state index in [9.17, 15) is 4.79 Å². The maximum Gasteiger partial charge on any atom is 0.343 e. The Hall–Kier alpha value is -2.29. The molecule has 1 saturated carbocycles. The van der Waals surface area contributed by atoms with Gasteiger partial charge in [-0.25, -0.2) is 4.79 Å². The molecule has 3 nitrogen and oxygen atoms in total. The van der Waals surface area contributed by atoms with E-state index in [1.165, 1.54) is 76.2 Å². The summed E-state index contributed by atoms with van der Waals surface area (Å²) in [5.74, 6) is 1.69. The van der Waals surface area contributed by atoms with Crippen LogP contribution in [0.4, 0.5) is 0 Å². The summed E-state index contributed by atoms with van der Waals surface area (Å²) in [5.41, 5.74) is 1.88. The summed E-state index contributed by atoms with van der Waals surface area (Å²) in [5, 5.41) is 0. The van der Waals surface area contributed by atoms with Crippen LogP contribution in [0.15, 0.2) is 48.5 Å². The van der Waals surface area contributed by atoms with Gasteiger partial charge in [0.05, 0.1) is 12.2 Å². The lowest BCUT2D eigenvalue weighted by molar-refractivity contribution is 0.0734. The van der Waals surface area contributed by atoms with E-state index in [-0.39, 0.29) is 5.97 Å². The summed E-state index contributed by atoms with van der Waals surface area (Å²) < 4.78 is 11.4. The predicted molar refractivity (Wildman–Crippen MR) is 131 cm³/mol. The van der Waals surface area contributed by atoms with Crippen LogP contribution in [0.3, 0.4) is 0 Å². The Labute approximate surface area is 194 Å². The molecule has 1 aliphatic rings. The minimum Gasteiger partial charge on any atom is -0.494 e. The number of esters is 1. The van der Waals surface area contributed by atoms with E-state index in [1.54, 1.807) is 12.1 Å². The highest BCUT2D eigenvalue weighted by Gasteiger charge is 2.16. The maximum absolute atomic E-state index is 12.5. The summed E-state index contributed by atoms with van der Waals surface area (Å²) in [6.45, 7) is 2.98. The molecule has 3 rings (SSSR count). The van der Waals surface area contributed by atoms with Crippen molar-refractivity contribution in [3.8, 4) is 11.5 Å². The minimum absolute atomic E-state index is 0.334. The Balaban J connectivity index is 1.35. The fourth-order valence-corrected chi connectivity index (χ4v) is 4.35. The van der Waals surface area contributed by atoms with E-state index in [0.29, 0.717) is 17.2 Å². The average Bonchev–Trinajstić information content (AvgIpc) is 2.84. The molecule has 0 atom stereocenters. The molecule has 2 aromatic rings. The molecule has 0 aromatic heterocycles. The first kappa shape index (κ1) is 24.4. The topological polar surface area (TPSA) is 35.5 Å². The fourth-order valence-electron chi connectivity index (χ4n) is 4.35. The van der Waals surface area contributed by atoms with Crippen molar-refractivity contribution in [3.63, 3.8) is 0 Å². The quantitative estimate of drug-likeness (QED) is 0.180. The molecule has 0 heterocycles. The predicted octanol–water partition coefficient (Wildman–Crippen LogP) is 8.29. The number of unbranched alkanes of at least 4 members (excludes halogenated alkanes) is 7. The molecule has 0 saturated heterocycles. The number of carbonyl (C=O) groups is 1. The molecule has 173 valence electrons. The number of rotatable bonds is 13. The van der Waals surface area contributed by atoms with Crippen molar-refractivity contribution in [2.45, 2.75) is 89.9 Å². The monoisotopic (exact) mass is 435 g/mol. The third kappa shape index (κ3) is 8.33. The van der Waals surface area contributed by atoms with Crippen molar-refractivity contribution in [2.24, 2.45) is 0 Å². The van der Waals surface area contributed by atoms with Gasteiger partial charge in [-0.2, -0.15) is 0 Å². The third-order valence-corrected chi connectivity index (χ3v) is 6.36. The first-order valence-electron chi connectivity index (χ1n) is 12.6. The first-order valence-corrected chi connectivity index (χ1v) is 12.6. The Morgan fingerprint density at radius 3 is 2.03 bits per heavy atom. The van der Waals surface area contributed by atoms with Crippen LogP contribution in [0.1, 0.15) is 106 Å². The minimum atomic E-state index is -0.334. The summed E-state index contributed by atoms with van der Waals surface area (Å²) in [6.07, 6.45) is 17.5. The van der Waals surface area contributed by atoms with Crippen molar-refractivity contribution in [3.05, 3.63) is 66.1 Å². The molecule has 0 bridgehead atoms. The van der Waals surface area contributed by atoms with Gasteiger partial charge in [0.2, 0.25) is 0 Å². The van der Waals surface area contributed by atoms with Crippen LogP contribution >= 0.6 is 0 Å². The van der Waals surface area contributed by atoms with E-state index in [4.69, 9.17) is 9.47 Å². The molecular formula is C29H39O3. The summed E-state index contributed by atoms with van der Waals surface area (Å²) in [6, 6.07) is 15.3.